The lowest BCUT2D eigenvalue weighted by Crippen LogP contribution is -2.67. The van der Waals surface area contributed by atoms with Crippen LogP contribution in [-0.4, -0.2) is 38.8 Å². The molecular weight excluding hydrogens is 236 g/mol. The van der Waals surface area contributed by atoms with Crippen LogP contribution in [0.4, 0.5) is 0 Å². The molecule has 1 aromatic heterocycles. The largest absolute Gasteiger partial charge is 0.309 e. The molecule has 0 aliphatic carbocycles. The van der Waals surface area contributed by atoms with Gasteiger partial charge in [0.15, 0.2) is 0 Å². The van der Waals surface area contributed by atoms with Crippen LogP contribution in [0.3, 0.4) is 0 Å². The average Bonchev–Trinajstić information content (AvgIpc) is 2.75. The number of hydrogen-bond acceptors (Lipinski definition) is 3. The fourth-order valence-corrected chi connectivity index (χ4v) is 3.16. The molecule has 108 valence electrons. The van der Waals surface area contributed by atoms with Gasteiger partial charge in [-0.1, -0.05) is 13.8 Å². The highest BCUT2D eigenvalue weighted by atomic mass is 15.3. The van der Waals surface area contributed by atoms with Crippen LogP contribution in [0.25, 0.3) is 0 Å². The second kappa shape index (κ2) is 5.25. The Balaban J connectivity index is 2.20. The van der Waals surface area contributed by atoms with Crippen molar-refractivity contribution in [2.45, 2.75) is 58.2 Å². The van der Waals surface area contributed by atoms with Crippen molar-refractivity contribution in [3.8, 4) is 0 Å². The van der Waals surface area contributed by atoms with Gasteiger partial charge in [0.05, 0.1) is 6.20 Å². The predicted molar refractivity (Wildman–Crippen MR) is 79.0 cm³/mol. The van der Waals surface area contributed by atoms with E-state index < -0.39 is 0 Å². The number of rotatable bonds is 4. The molecule has 1 saturated heterocycles. The highest BCUT2D eigenvalue weighted by Gasteiger charge is 2.41. The van der Waals surface area contributed by atoms with Crippen molar-refractivity contribution in [1.29, 1.82) is 0 Å². The lowest BCUT2D eigenvalue weighted by Gasteiger charge is -2.52. The van der Waals surface area contributed by atoms with E-state index in [-0.39, 0.29) is 11.1 Å². The van der Waals surface area contributed by atoms with Crippen molar-refractivity contribution in [3.05, 3.63) is 18.0 Å². The molecule has 0 saturated carbocycles. The summed E-state index contributed by atoms with van der Waals surface area (Å²) in [4.78, 5) is 2.65. The van der Waals surface area contributed by atoms with Crippen molar-refractivity contribution >= 4 is 0 Å². The Bertz CT molecular complexity index is 418. The van der Waals surface area contributed by atoms with Crippen LogP contribution in [-0.2, 0) is 13.6 Å². The molecule has 0 radical (unpaired) electrons. The highest BCUT2D eigenvalue weighted by Crippen LogP contribution is 2.31. The Kier molecular flexibility index (Phi) is 4.02. The molecule has 0 spiro atoms. The second-order valence-corrected chi connectivity index (χ2v) is 6.55. The number of nitrogens with zero attached hydrogens (tertiary/aromatic N) is 3. The minimum atomic E-state index is 0.191. The maximum absolute atomic E-state index is 4.29. The van der Waals surface area contributed by atoms with Crippen molar-refractivity contribution in [3.63, 3.8) is 0 Å². The van der Waals surface area contributed by atoms with Crippen molar-refractivity contribution in [2.75, 3.05) is 13.1 Å². The summed E-state index contributed by atoms with van der Waals surface area (Å²) < 4.78 is 1.89. The number of piperazine rings is 1. The first kappa shape index (κ1) is 14.5. The molecule has 0 bridgehead atoms. The van der Waals surface area contributed by atoms with Gasteiger partial charge in [0.1, 0.15) is 0 Å². The SMILES string of the molecule is CCC1(CC)CNC(C)(C)CN1Cc1cnn(C)c1. The van der Waals surface area contributed by atoms with Gasteiger partial charge in [-0.3, -0.25) is 9.58 Å². The topological polar surface area (TPSA) is 33.1 Å². The third-order valence-electron chi connectivity index (χ3n) is 4.60. The van der Waals surface area contributed by atoms with E-state index in [0.29, 0.717) is 0 Å². The van der Waals surface area contributed by atoms with Crippen LogP contribution in [0.2, 0.25) is 0 Å². The first-order chi connectivity index (χ1) is 8.91. The molecule has 1 aromatic rings. The minimum absolute atomic E-state index is 0.191. The molecule has 19 heavy (non-hydrogen) atoms. The van der Waals surface area contributed by atoms with Gasteiger partial charge in [-0.2, -0.15) is 5.10 Å². The van der Waals surface area contributed by atoms with Gasteiger partial charge >= 0.3 is 0 Å². The van der Waals surface area contributed by atoms with Gasteiger partial charge in [0.2, 0.25) is 0 Å². The number of aromatic nitrogens is 2. The molecule has 0 unspecified atom stereocenters. The van der Waals surface area contributed by atoms with Gasteiger partial charge in [-0.25, -0.2) is 0 Å². The summed E-state index contributed by atoms with van der Waals surface area (Å²) in [7, 11) is 1.98. The maximum atomic E-state index is 4.29. The van der Waals surface area contributed by atoms with E-state index in [0.717, 1.165) is 19.6 Å². The van der Waals surface area contributed by atoms with Gasteiger partial charge in [-0.15, -0.1) is 0 Å². The molecular formula is C15H28N4. The Morgan fingerprint density at radius 3 is 2.53 bits per heavy atom. The third-order valence-corrected chi connectivity index (χ3v) is 4.60. The monoisotopic (exact) mass is 264 g/mol. The first-order valence-corrected chi connectivity index (χ1v) is 7.38. The van der Waals surface area contributed by atoms with Crippen LogP contribution in [0, 0.1) is 0 Å². The van der Waals surface area contributed by atoms with E-state index in [2.05, 4.69) is 49.2 Å². The maximum Gasteiger partial charge on any atom is 0.0534 e. The van der Waals surface area contributed by atoms with Crippen molar-refractivity contribution in [1.82, 2.24) is 20.0 Å². The van der Waals surface area contributed by atoms with Crippen LogP contribution in [0.5, 0.6) is 0 Å². The Morgan fingerprint density at radius 1 is 1.32 bits per heavy atom. The van der Waals surface area contributed by atoms with E-state index in [9.17, 15) is 0 Å². The molecule has 0 atom stereocenters. The van der Waals surface area contributed by atoms with Crippen LogP contribution in [0.1, 0.15) is 46.1 Å². The number of aryl methyl sites for hydroxylation is 1. The Labute approximate surface area is 117 Å². The normalized spacial score (nSPS) is 22.6. The van der Waals surface area contributed by atoms with E-state index in [4.69, 9.17) is 0 Å². The van der Waals surface area contributed by atoms with Crippen LogP contribution >= 0.6 is 0 Å². The van der Waals surface area contributed by atoms with Crippen LogP contribution in [0.15, 0.2) is 12.4 Å². The molecule has 1 fully saturated rings. The zero-order valence-electron chi connectivity index (χ0n) is 13.0. The van der Waals surface area contributed by atoms with E-state index >= 15 is 0 Å². The summed E-state index contributed by atoms with van der Waals surface area (Å²) in [6, 6.07) is 0. The van der Waals surface area contributed by atoms with Crippen LogP contribution < -0.4 is 5.32 Å². The van der Waals surface area contributed by atoms with Gasteiger partial charge in [-0.05, 0) is 26.7 Å². The molecule has 0 aromatic carbocycles. The minimum Gasteiger partial charge on any atom is -0.309 e. The Hall–Kier alpha value is -0.870. The summed E-state index contributed by atoms with van der Waals surface area (Å²) in [5.74, 6) is 0. The zero-order valence-corrected chi connectivity index (χ0v) is 13.0. The zero-order chi connectivity index (χ0) is 14.1. The first-order valence-electron chi connectivity index (χ1n) is 7.38. The van der Waals surface area contributed by atoms with E-state index in [1.54, 1.807) is 0 Å². The van der Waals surface area contributed by atoms with Gasteiger partial charge in [0, 0.05) is 49.5 Å². The number of hydrogen-bond donors (Lipinski definition) is 1. The predicted octanol–water partition coefficient (Wildman–Crippen LogP) is 2.16. The summed E-state index contributed by atoms with van der Waals surface area (Å²) in [6.45, 7) is 12.4. The summed E-state index contributed by atoms with van der Waals surface area (Å²) in [6.07, 6.45) is 6.50. The molecule has 4 nitrogen and oxygen atoms in total. The quantitative estimate of drug-likeness (QED) is 0.904. The Morgan fingerprint density at radius 2 is 2.00 bits per heavy atom. The van der Waals surface area contributed by atoms with Gasteiger partial charge < -0.3 is 5.32 Å². The summed E-state index contributed by atoms with van der Waals surface area (Å²) in [5, 5.41) is 8.00. The van der Waals surface area contributed by atoms with E-state index in [1.165, 1.54) is 18.4 Å². The molecule has 1 aliphatic heterocycles. The van der Waals surface area contributed by atoms with Crippen molar-refractivity contribution < 1.29 is 0 Å². The second-order valence-electron chi connectivity index (χ2n) is 6.55. The van der Waals surface area contributed by atoms with Crippen molar-refractivity contribution in [2.24, 2.45) is 7.05 Å². The lowest BCUT2D eigenvalue weighted by atomic mass is 9.84. The molecule has 0 amide bonds. The summed E-state index contributed by atoms with van der Waals surface area (Å²) >= 11 is 0. The summed E-state index contributed by atoms with van der Waals surface area (Å²) in [5.41, 5.74) is 1.79. The molecule has 2 heterocycles. The standard InChI is InChI=1S/C15H28N4/c1-6-15(7-2)11-16-14(3,4)12-19(15)10-13-8-17-18(5)9-13/h8-9,16H,6-7,10-12H2,1-5H3. The highest BCUT2D eigenvalue weighted by molar-refractivity contribution is 5.08. The number of nitrogens with one attached hydrogen (secondary N) is 1. The lowest BCUT2D eigenvalue weighted by molar-refractivity contribution is 0.00232. The van der Waals surface area contributed by atoms with Gasteiger partial charge in [0.25, 0.3) is 0 Å². The molecule has 4 heteroatoms. The molecule has 1 N–H and O–H groups in total. The third kappa shape index (κ3) is 3.00. The van der Waals surface area contributed by atoms with E-state index in [1.807, 2.05) is 17.9 Å². The fourth-order valence-electron chi connectivity index (χ4n) is 3.16. The fraction of sp³-hybridized carbons (Fsp3) is 0.800. The molecule has 2 rings (SSSR count). The average molecular weight is 264 g/mol. The molecule has 1 aliphatic rings. The smallest absolute Gasteiger partial charge is 0.0534 e.